The van der Waals surface area contributed by atoms with Crippen LogP contribution in [0.2, 0.25) is 5.02 Å². The molecule has 0 atom stereocenters. The molecule has 0 saturated carbocycles. The van der Waals surface area contributed by atoms with Crippen molar-refractivity contribution >= 4 is 21.6 Å². The number of rotatable bonds is 5. The summed E-state index contributed by atoms with van der Waals surface area (Å²) in [5.41, 5.74) is 0. The smallest absolute Gasteiger partial charge is 0.244 e. The van der Waals surface area contributed by atoms with Gasteiger partial charge in [0.25, 0.3) is 0 Å². The minimum Gasteiger partial charge on any atom is -0.426 e. The molecule has 24 heavy (non-hydrogen) atoms. The fourth-order valence-electron chi connectivity index (χ4n) is 2.68. The summed E-state index contributed by atoms with van der Waals surface area (Å²) in [5, 5.41) is 8.03. The van der Waals surface area contributed by atoms with Gasteiger partial charge in [-0.2, -0.15) is 4.31 Å². The van der Waals surface area contributed by atoms with E-state index in [1.54, 1.807) is 31.2 Å². The van der Waals surface area contributed by atoms with Crippen molar-refractivity contribution in [3.05, 3.63) is 41.1 Å². The number of hydrogen-bond acceptors (Lipinski definition) is 6. The maximum absolute atomic E-state index is 12.7. The maximum atomic E-state index is 12.7. The SMILES string of the molecule is Cc1nnc(CCN2CCN(S(=O)(=O)c3ccccc3Cl)CC2)o1. The molecule has 130 valence electrons. The fraction of sp³-hybridized carbons (Fsp3) is 0.467. The first-order chi connectivity index (χ1) is 11.5. The van der Waals surface area contributed by atoms with Crippen molar-refractivity contribution in [2.75, 3.05) is 32.7 Å². The van der Waals surface area contributed by atoms with Gasteiger partial charge in [-0.1, -0.05) is 23.7 Å². The Morgan fingerprint density at radius 3 is 2.50 bits per heavy atom. The highest BCUT2D eigenvalue weighted by atomic mass is 35.5. The van der Waals surface area contributed by atoms with Crippen LogP contribution in [0.3, 0.4) is 0 Å². The Labute approximate surface area is 146 Å². The molecule has 0 radical (unpaired) electrons. The van der Waals surface area contributed by atoms with Crippen LogP contribution in [0.1, 0.15) is 11.8 Å². The molecule has 0 spiro atoms. The predicted molar refractivity (Wildman–Crippen MR) is 89.4 cm³/mol. The first-order valence-corrected chi connectivity index (χ1v) is 9.54. The first kappa shape index (κ1) is 17.3. The van der Waals surface area contributed by atoms with Gasteiger partial charge in [-0.05, 0) is 12.1 Å². The van der Waals surface area contributed by atoms with Crippen molar-refractivity contribution in [2.24, 2.45) is 0 Å². The van der Waals surface area contributed by atoms with E-state index in [2.05, 4.69) is 15.1 Å². The highest BCUT2D eigenvalue weighted by Crippen LogP contribution is 2.24. The van der Waals surface area contributed by atoms with Gasteiger partial charge in [0.15, 0.2) is 0 Å². The second-order valence-corrected chi connectivity index (χ2v) is 7.95. The average molecular weight is 371 g/mol. The van der Waals surface area contributed by atoms with Crippen molar-refractivity contribution in [3.63, 3.8) is 0 Å². The molecule has 1 aromatic carbocycles. The van der Waals surface area contributed by atoms with Gasteiger partial charge in [-0.25, -0.2) is 8.42 Å². The van der Waals surface area contributed by atoms with Crippen LogP contribution in [0.15, 0.2) is 33.6 Å². The van der Waals surface area contributed by atoms with Gasteiger partial charge in [-0.3, -0.25) is 0 Å². The van der Waals surface area contributed by atoms with Crippen LogP contribution in [-0.2, 0) is 16.4 Å². The van der Waals surface area contributed by atoms with Gasteiger partial charge in [0.2, 0.25) is 21.8 Å². The van der Waals surface area contributed by atoms with E-state index in [0.717, 1.165) is 6.54 Å². The summed E-state index contributed by atoms with van der Waals surface area (Å²) >= 11 is 6.04. The second kappa shape index (κ2) is 7.18. The van der Waals surface area contributed by atoms with Crippen LogP contribution < -0.4 is 0 Å². The van der Waals surface area contributed by atoms with Crippen LogP contribution in [0.4, 0.5) is 0 Å². The number of sulfonamides is 1. The third kappa shape index (κ3) is 3.77. The molecular formula is C15H19ClN4O3S. The van der Waals surface area contributed by atoms with Gasteiger partial charge in [0.05, 0.1) is 5.02 Å². The van der Waals surface area contributed by atoms with E-state index in [1.807, 2.05) is 0 Å². The summed E-state index contributed by atoms with van der Waals surface area (Å²) < 4.78 is 32.2. The molecule has 0 aliphatic carbocycles. The monoisotopic (exact) mass is 370 g/mol. The normalized spacial score (nSPS) is 17.2. The predicted octanol–water partition coefficient (Wildman–Crippen LogP) is 1.58. The molecule has 0 N–H and O–H groups in total. The summed E-state index contributed by atoms with van der Waals surface area (Å²) in [5.74, 6) is 1.17. The standard InChI is InChI=1S/C15H19ClN4O3S/c1-12-17-18-15(23-12)6-7-19-8-10-20(11-9-19)24(21,22)14-5-3-2-4-13(14)16/h2-5H,6-11H2,1H3. The highest BCUT2D eigenvalue weighted by Gasteiger charge is 2.29. The first-order valence-electron chi connectivity index (χ1n) is 7.73. The molecule has 1 fully saturated rings. The zero-order chi connectivity index (χ0) is 17.2. The molecule has 7 nitrogen and oxygen atoms in total. The van der Waals surface area contributed by atoms with E-state index in [0.29, 0.717) is 44.4 Å². The lowest BCUT2D eigenvalue weighted by molar-refractivity contribution is 0.186. The van der Waals surface area contributed by atoms with E-state index in [9.17, 15) is 8.42 Å². The molecular weight excluding hydrogens is 352 g/mol. The minimum atomic E-state index is -3.55. The highest BCUT2D eigenvalue weighted by molar-refractivity contribution is 7.89. The lowest BCUT2D eigenvalue weighted by Crippen LogP contribution is -2.49. The van der Waals surface area contributed by atoms with Crippen LogP contribution in [-0.4, -0.2) is 60.5 Å². The number of hydrogen-bond donors (Lipinski definition) is 0. The number of halogens is 1. The average Bonchev–Trinajstić information content (AvgIpc) is 2.99. The summed E-state index contributed by atoms with van der Waals surface area (Å²) in [6.45, 7) is 4.73. The molecule has 1 aliphatic heterocycles. The molecule has 9 heteroatoms. The zero-order valence-corrected chi connectivity index (χ0v) is 14.9. The van der Waals surface area contributed by atoms with Gasteiger partial charge < -0.3 is 9.32 Å². The second-order valence-electron chi connectivity index (χ2n) is 5.64. The number of benzene rings is 1. The van der Waals surface area contributed by atoms with Gasteiger partial charge in [-0.15, -0.1) is 10.2 Å². The van der Waals surface area contributed by atoms with E-state index in [1.165, 1.54) is 4.31 Å². The van der Waals surface area contributed by atoms with E-state index in [-0.39, 0.29) is 9.92 Å². The molecule has 0 bridgehead atoms. The number of piperazine rings is 1. The van der Waals surface area contributed by atoms with Crippen molar-refractivity contribution in [1.82, 2.24) is 19.4 Å². The van der Waals surface area contributed by atoms with Crippen molar-refractivity contribution in [2.45, 2.75) is 18.2 Å². The van der Waals surface area contributed by atoms with E-state index in [4.69, 9.17) is 16.0 Å². The fourth-order valence-corrected chi connectivity index (χ4v) is 4.59. The molecule has 0 amide bonds. The summed E-state index contributed by atoms with van der Waals surface area (Å²) in [7, 11) is -3.55. The largest absolute Gasteiger partial charge is 0.426 e. The third-order valence-electron chi connectivity index (χ3n) is 4.00. The maximum Gasteiger partial charge on any atom is 0.244 e. The van der Waals surface area contributed by atoms with E-state index >= 15 is 0 Å². The van der Waals surface area contributed by atoms with Crippen LogP contribution in [0.25, 0.3) is 0 Å². The molecule has 3 rings (SSSR count). The number of aryl methyl sites for hydroxylation is 1. The quantitative estimate of drug-likeness (QED) is 0.795. The number of aromatic nitrogens is 2. The Kier molecular flexibility index (Phi) is 5.19. The lowest BCUT2D eigenvalue weighted by atomic mass is 10.3. The molecule has 2 aromatic rings. The van der Waals surface area contributed by atoms with Crippen molar-refractivity contribution in [1.29, 1.82) is 0 Å². The van der Waals surface area contributed by atoms with Crippen LogP contribution >= 0.6 is 11.6 Å². The Balaban J connectivity index is 1.57. The zero-order valence-electron chi connectivity index (χ0n) is 13.4. The summed E-state index contributed by atoms with van der Waals surface area (Å²) in [6, 6.07) is 6.54. The number of nitrogens with zero attached hydrogens (tertiary/aromatic N) is 4. The Hall–Kier alpha value is -1.48. The van der Waals surface area contributed by atoms with Gasteiger partial charge >= 0.3 is 0 Å². The lowest BCUT2D eigenvalue weighted by Gasteiger charge is -2.33. The van der Waals surface area contributed by atoms with Crippen molar-refractivity contribution in [3.8, 4) is 0 Å². The molecule has 1 aliphatic rings. The third-order valence-corrected chi connectivity index (χ3v) is 6.39. The summed E-state index contributed by atoms with van der Waals surface area (Å²) in [4.78, 5) is 2.36. The topological polar surface area (TPSA) is 79.5 Å². The van der Waals surface area contributed by atoms with Crippen LogP contribution in [0.5, 0.6) is 0 Å². The molecule has 2 heterocycles. The van der Waals surface area contributed by atoms with Crippen molar-refractivity contribution < 1.29 is 12.8 Å². The summed E-state index contributed by atoms with van der Waals surface area (Å²) in [6.07, 6.45) is 0.665. The van der Waals surface area contributed by atoms with Gasteiger partial charge in [0.1, 0.15) is 4.90 Å². The Morgan fingerprint density at radius 2 is 1.88 bits per heavy atom. The minimum absolute atomic E-state index is 0.168. The van der Waals surface area contributed by atoms with E-state index < -0.39 is 10.0 Å². The van der Waals surface area contributed by atoms with Crippen LogP contribution in [0, 0.1) is 6.92 Å². The Morgan fingerprint density at radius 1 is 1.17 bits per heavy atom. The molecule has 0 unspecified atom stereocenters. The molecule has 1 aromatic heterocycles. The van der Waals surface area contributed by atoms with Gasteiger partial charge in [0, 0.05) is 46.1 Å². The molecule has 1 saturated heterocycles. The Bertz CT molecular complexity index is 801.